The smallest absolute Gasteiger partial charge is 0.420 e. The lowest BCUT2D eigenvalue weighted by Gasteiger charge is -2.34. The molecular formula is C18H14F3NO4. The standard InChI is InChI=1S/C18H14F3NO4/c19-18(20,21)11-4-3-5-12-16(11)24-9-8-22(12)17(23)15-10-25-13-6-1-2-7-14(13)26-15/h1-7,15H,8-10H2. The number of hydrogen-bond donors (Lipinski definition) is 0. The van der Waals surface area contributed by atoms with Crippen LogP contribution >= 0.6 is 0 Å². The number of nitrogens with zero attached hydrogens (tertiary/aromatic N) is 1. The number of halogens is 3. The van der Waals surface area contributed by atoms with Crippen LogP contribution in [0.3, 0.4) is 0 Å². The van der Waals surface area contributed by atoms with E-state index < -0.39 is 23.8 Å². The topological polar surface area (TPSA) is 48.0 Å². The third-order valence-corrected chi connectivity index (χ3v) is 4.20. The molecule has 2 aliphatic rings. The Kier molecular flexibility index (Phi) is 3.90. The van der Waals surface area contributed by atoms with E-state index in [0.717, 1.165) is 6.07 Å². The Morgan fingerprint density at radius 3 is 2.58 bits per heavy atom. The Balaban J connectivity index is 1.64. The maximum Gasteiger partial charge on any atom is 0.420 e. The maximum absolute atomic E-state index is 13.2. The Hall–Kier alpha value is -2.90. The number of carbonyl (C=O) groups is 1. The van der Waals surface area contributed by atoms with Gasteiger partial charge in [-0.3, -0.25) is 4.79 Å². The Morgan fingerprint density at radius 1 is 1.04 bits per heavy atom. The minimum absolute atomic E-state index is 0.0124. The summed E-state index contributed by atoms with van der Waals surface area (Å²) in [7, 11) is 0. The van der Waals surface area contributed by atoms with Gasteiger partial charge in [0, 0.05) is 0 Å². The lowest BCUT2D eigenvalue weighted by atomic mass is 10.1. The normalized spacial score (nSPS) is 18.7. The summed E-state index contributed by atoms with van der Waals surface area (Å²) in [5, 5.41) is 0. The number of carbonyl (C=O) groups excluding carboxylic acids is 1. The van der Waals surface area contributed by atoms with Crippen molar-refractivity contribution >= 4 is 11.6 Å². The third-order valence-electron chi connectivity index (χ3n) is 4.20. The second-order valence-electron chi connectivity index (χ2n) is 5.85. The van der Waals surface area contributed by atoms with Crippen molar-refractivity contribution in [2.45, 2.75) is 12.3 Å². The largest absolute Gasteiger partial charge is 0.489 e. The van der Waals surface area contributed by atoms with Gasteiger partial charge in [0.15, 0.2) is 17.2 Å². The van der Waals surface area contributed by atoms with Gasteiger partial charge in [-0.05, 0) is 24.3 Å². The lowest BCUT2D eigenvalue weighted by Crippen LogP contribution is -2.49. The molecule has 136 valence electrons. The minimum Gasteiger partial charge on any atom is -0.489 e. The lowest BCUT2D eigenvalue weighted by molar-refractivity contribution is -0.139. The summed E-state index contributed by atoms with van der Waals surface area (Å²) in [4.78, 5) is 14.1. The quantitative estimate of drug-likeness (QED) is 0.778. The Labute approximate surface area is 146 Å². The molecule has 0 bridgehead atoms. The average molecular weight is 365 g/mol. The second-order valence-corrected chi connectivity index (χ2v) is 5.85. The van der Waals surface area contributed by atoms with Crippen LogP contribution in [0.25, 0.3) is 0 Å². The molecule has 2 aliphatic heterocycles. The number of amides is 1. The van der Waals surface area contributed by atoms with Crippen LogP contribution in [0.2, 0.25) is 0 Å². The van der Waals surface area contributed by atoms with Crippen LogP contribution in [0, 0.1) is 0 Å². The molecule has 0 spiro atoms. The van der Waals surface area contributed by atoms with Gasteiger partial charge in [0.1, 0.15) is 13.2 Å². The molecule has 8 heteroatoms. The molecule has 0 saturated carbocycles. The molecule has 4 rings (SSSR count). The first kappa shape index (κ1) is 16.6. The predicted octanol–water partition coefficient (Wildman–Crippen LogP) is 3.27. The Bertz CT molecular complexity index is 853. The van der Waals surface area contributed by atoms with Crippen molar-refractivity contribution in [2.75, 3.05) is 24.7 Å². The van der Waals surface area contributed by atoms with Gasteiger partial charge >= 0.3 is 6.18 Å². The van der Waals surface area contributed by atoms with E-state index in [0.29, 0.717) is 11.5 Å². The first-order chi connectivity index (χ1) is 12.4. The van der Waals surface area contributed by atoms with E-state index in [9.17, 15) is 18.0 Å². The molecule has 0 radical (unpaired) electrons. The third kappa shape index (κ3) is 2.81. The number of benzene rings is 2. The van der Waals surface area contributed by atoms with Crippen molar-refractivity contribution in [3.63, 3.8) is 0 Å². The zero-order chi connectivity index (χ0) is 18.3. The van der Waals surface area contributed by atoms with Gasteiger partial charge in [-0.2, -0.15) is 13.2 Å². The van der Waals surface area contributed by atoms with Crippen molar-refractivity contribution in [3.05, 3.63) is 48.0 Å². The SMILES string of the molecule is O=C(C1COc2ccccc2O1)N1CCOc2c1cccc2C(F)(F)F. The molecule has 2 aromatic rings. The van der Waals surface area contributed by atoms with E-state index in [1.807, 2.05) is 0 Å². The summed E-state index contributed by atoms with van der Waals surface area (Å²) in [5.41, 5.74) is -0.822. The first-order valence-corrected chi connectivity index (χ1v) is 7.98. The fourth-order valence-electron chi connectivity index (χ4n) is 3.02. The van der Waals surface area contributed by atoms with E-state index in [2.05, 4.69) is 0 Å². The number of fused-ring (bicyclic) bond motifs is 2. The molecule has 5 nitrogen and oxygen atoms in total. The minimum atomic E-state index is -4.57. The molecule has 0 aliphatic carbocycles. The maximum atomic E-state index is 13.2. The van der Waals surface area contributed by atoms with Crippen LogP contribution < -0.4 is 19.1 Å². The highest BCUT2D eigenvalue weighted by molar-refractivity contribution is 5.99. The highest BCUT2D eigenvalue weighted by atomic mass is 19.4. The van der Waals surface area contributed by atoms with E-state index in [1.54, 1.807) is 24.3 Å². The van der Waals surface area contributed by atoms with Crippen molar-refractivity contribution in [2.24, 2.45) is 0 Å². The summed E-state index contributed by atoms with van der Waals surface area (Å²) in [6.45, 7) is 0.0894. The van der Waals surface area contributed by atoms with E-state index >= 15 is 0 Å². The molecule has 1 unspecified atom stereocenters. The van der Waals surface area contributed by atoms with Gasteiger partial charge < -0.3 is 19.1 Å². The van der Waals surface area contributed by atoms with Crippen LogP contribution in [0.15, 0.2) is 42.5 Å². The summed E-state index contributed by atoms with van der Waals surface area (Å²) in [6.07, 6.45) is -5.51. The number of rotatable bonds is 1. The highest BCUT2D eigenvalue weighted by Gasteiger charge is 2.40. The highest BCUT2D eigenvalue weighted by Crippen LogP contribution is 2.43. The summed E-state index contributed by atoms with van der Waals surface area (Å²) >= 11 is 0. The van der Waals surface area contributed by atoms with Gasteiger partial charge in [0.25, 0.3) is 5.91 Å². The van der Waals surface area contributed by atoms with Crippen molar-refractivity contribution in [1.29, 1.82) is 0 Å². The van der Waals surface area contributed by atoms with Gasteiger partial charge in [-0.15, -0.1) is 0 Å². The summed E-state index contributed by atoms with van der Waals surface area (Å²) < 4.78 is 56.0. The van der Waals surface area contributed by atoms with Crippen molar-refractivity contribution < 1.29 is 32.2 Å². The molecule has 2 aromatic carbocycles. The van der Waals surface area contributed by atoms with Crippen molar-refractivity contribution in [1.82, 2.24) is 0 Å². The molecule has 0 N–H and O–H groups in total. The fraction of sp³-hybridized carbons (Fsp3) is 0.278. The van der Waals surface area contributed by atoms with E-state index in [1.165, 1.54) is 17.0 Å². The zero-order valence-electron chi connectivity index (χ0n) is 13.5. The second kappa shape index (κ2) is 6.12. The molecule has 26 heavy (non-hydrogen) atoms. The monoisotopic (exact) mass is 365 g/mol. The number of hydrogen-bond acceptors (Lipinski definition) is 4. The van der Waals surface area contributed by atoms with Gasteiger partial charge in [0.05, 0.1) is 17.8 Å². The Morgan fingerprint density at radius 2 is 1.81 bits per heavy atom. The molecule has 2 heterocycles. The zero-order valence-corrected chi connectivity index (χ0v) is 13.5. The molecule has 0 aromatic heterocycles. The predicted molar refractivity (Wildman–Crippen MR) is 85.6 cm³/mol. The van der Waals surface area contributed by atoms with Gasteiger partial charge in [-0.25, -0.2) is 0 Å². The summed E-state index contributed by atoms with van der Waals surface area (Å²) in [6, 6.07) is 10.5. The van der Waals surface area contributed by atoms with E-state index in [-0.39, 0.29) is 31.2 Å². The number of alkyl halides is 3. The van der Waals surface area contributed by atoms with Crippen LogP contribution in [0.5, 0.6) is 17.2 Å². The van der Waals surface area contributed by atoms with Crippen LogP contribution in [0.1, 0.15) is 5.56 Å². The summed E-state index contributed by atoms with van der Waals surface area (Å²) in [5.74, 6) is 0.146. The van der Waals surface area contributed by atoms with E-state index in [4.69, 9.17) is 14.2 Å². The van der Waals surface area contributed by atoms with Gasteiger partial charge in [0.2, 0.25) is 6.10 Å². The fourth-order valence-corrected chi connectivity index (χ4v) is 3.02. The van der Waals surface area contributed by atoms with Crippen LogP contribution in [-0.2, 0) is 11.0 Å². The molecular weight excluding hydrogens is 351 g/mol. The first-order valence-electron chi connectivity index (χ1n) is 7.98. The molecule has 0 saturated heterocycles. The van der Waals surface area contributed by atoms with Gasteiger partial charge in [-0.1, -0.05) is 18.2 Å². The number of para-hydroxylation sites is 3. The van der Waals surface area contributed by atoms with Crippen LogP contribution in [0.4, 0.5) is 18.9 Å². The molecule has 0 fully saturated rings. The number of anilines is 1. The van der Waals surface area contributed by atoms with Crippen LogP contribution in [-0.4, -0.2) is 31.8 Å². The van der Waals surface area contributed by atoms with Crippen molar-refractivity contribution in [3.8, 4) is 17.2 Å². The average Bonchev–Trinajstić information content (AvgIpc) is 2.65. The number of ether oxygens (including phenoxy) is 3. The molecule has 1 atom stereocenters. The molecule has 1 amide bonds.